The second-order valence-corrected chi connectivity index (χ2v) is 8.72. The maximum Gasteiger partial charge on any atom is 0.253 e. The molecule has 186 valence electrons. The van der Waals surface area contributed by atoms with E-state index < -0.39 is 0 Å². The molecule has 0 saturated carbocycles. The van der Waals surface area contributed by atoms with Crippen LogP contribution >= 0.6 is 0 Å². The van der Waals surface area contributed by atoms with E-state index in [1.807, 2.05) is 36.1 Å². The van der Waals surface area contributed by atoms with E-state index in [1.54, 1.807) is 6.07 Å². The Morgan fingerprint density at radius 3 is 2.21 bits per heavy atom. The zero-order valence-electron chi connectivity index (χ0n) is 21.2. The first-order valence-corrected chi connectivity index (χ1v) is 12.5. The molecule has 2 rings (SSSR count). The van der Waals surface area contributed by atoms with Crippen LogP contribution in [0.25, 0.3) is 0 Å². The third-order valence-corrected chi connectivity index (χ3v) is 5.71. The number of nitrogens with two attached hydrogens (primary N) is 1. The number of carbonyl (C=O) groups excluding carboxylic acids is 2. The van der Waals surface area contributed by atoms with Gasteiger partial charge in [-0.25, -0.2) is 0 Å². The third kappa shape index (κ3) is 8.58. The Hall–Kier alpha value is -2.70. The van der Waals surface area contributed by atoms with Crippen LogP contribution in [-0.4, -0.2) is 49.0 Å². The number of amides is 2. The number of hydrogen-bond donors (Lipinski definition) is 2. The molecule has 0 fully saturated rings. The van der Waals surface area contributed by atoms with E-state index in [9.17, 15) is 9.59 Å². The minimum absolute atomic E-state index is 0.0229. The lowest BCUT2D eigenvalue weighted by molar-refractivity contribution is 0.0755. The van der Waals surface area contributed by atoms with Crippen LogP contribution in [-0.2, 0) is 24.2 Å². The summed E-state index contributed by atoms with van der Waals surface area (Å²) >= 11 is 0. The first-order chi connectivity index (χ1) is 16.4. The van der Waals surface area contributed by atoms with Crippen molar-refractivity contribution in [3.8, 4) is 0 Å². The van der Waals surface area contributed by atoms with E-state index in [1.165, 1.54) is 5.56 Å². The predicted molar refractivity (Wildman–Crippen MR) is 138 cm³/mol. The van der Waals surface area contributed by atoms with Crippen LogP contribution in [0.1, 0.15) is 77.9 Å². The number of benzene rings is 2. The van der Waals surface area contributed by atoms with Crippen molar-refractivity contribution in [2.45, 2.75) is 66.0 Å². The van der Waals surface area contributed by atoms with Gasteiger partial charge in [0, 0.05) is 36.8 Å². The van der Waals surface area contributed by atoms with E-state index in [0.717, 1.165) is 36.8 Å². The molecule has 6 heteroatoms. The summed E-state index contributed by atoms with van der Waals surface area (Å²) in [6.07, 6.45) is 3.53. The van der Waals surface area contributed by atoms with Gasteiger partial charge < -0.3 is 20.7 Å². The predicted octanol–water partition coefficient (Wildman–Crippen LogP) is 4.35. The SMILES string of the molecule is CCCN(CCC)C(=O)c1cc(CC)cc(C(=O)NCC(N)COCc2cccc(CC)c2)c1. The summed E-state index contributed by atoms with van der Waals surface area (Å²) in [6, 6.07) is 13.4. The molecule has 0 aliphatic carbocycles. The van der Waals surface area contributed by atoms with Crippen molar-refractivity contribution >= 4 is 11.8 Å². The van der Waals surface area contributed by atoms with E-state index in [-0.39, 0.29) is 17.9 Å². The van der Waals surface area contributed by atoms with Crippen LogP contribution in [0.2, 0.25) is 0 Å². The largest absolute Gasteiger partial charge is 0.375 e. The number of aryl methyl sites for hydroxylation is 2. The molecule has 2 aromatic carbocycles. The zero-order chi connectivity index (χ0) is 24.9. The summed E-state index contributed by atoms with van der Waals surface area (Å²) in [5.41, 5.74) is 10.6. The highest BCUT2D eigenvalue weighted by molar-refractivity contribution is 6.00. The molecule has 1 unspecified atom stereocenters. The molecule has 6 nitrogen and oxygen atoms in total. The Bertz CT molecular complexity index is 923. The van der Waals surface area contributed by atoms with E-state index in [4.69, 9.17) is 10.5 Å². The number of nitrogens with one attached hydrogen (secondary N) is 1. The van der Waals surface area contributed by atoms with Crippen molar-refractivity contribution in [2.24, 2.45) is 5.73 Å². The zero-order valence-corrected chi connectivity index (χ0v) is 21.2. The Balaban J connectivity index is 1.95. The number of hydrogen-bond acceptors (Lipinski definition) is 4. The van der Waals surface area contributed by atoms with Gasteiger partial charge in [0.05, 0.1) is 13.2 Å². The van der Waals surface area contributed by atoms with Gasteiger partial charge in [-0.1, -0.05) is 52.0 Å². The van der Waals surface area contributed by atoms with Crippen molar-refractivity contribution in [2.75, 3.05) is 26.2 Å². The number of nitrogens with zero attached hydrogens (tertiary/aromatic N) is 1. The summed E-state index contributed by atoms with van der Waals surface area (Å²) in [4.78, 5) is 27.8. The molecule has 0 saturated heterocycles. The van der Waals surface area contributed by atoms with Crippen molar-refractivity contribution in [3.05, 3.63) is 70.3 Å². The van der Waals surface area contributed by atoms with Gasteiger partial charge in [-0.05, 0) is 60.6 Å². The molecular weight excluding hydrogens is 426 g/mol. The van der Waals surface area contributed by atoms with Gasteiger partial charge in [0.2, 0.25) is 0 Å². The lowest BCUT2D eigenvalue weighted by Crippen LogP contribution is -2.40. The van der Waals surface area contributed by atoms with Gasteiger partial charge in [0.15, 0.2) is 0 Å². The van der Waals surface area contributed by atoms with Crippen molar-refractivity contribution in [1.82, 2.24) is 10.2 Å². The van der Waals surface area contributed by atoms with Gasteiger partial charge in [-0.15, -0.1) is 0 Å². The Labute approximate surface area is 204 Å². The van der Waals surface area contributed by atoms with Crippen LogP contribution < -0.4 is 11.1 Å². The summed E-state index contributed by atoms with van der Waals surface area (Å²) < 4.78 is 5.75. The highest BCUT2D eigenvalue weighted by atomic mass is 16.5. The topological polar surface area (TPSA) is 84.7 Å². The summed E-state index contributed by atoms with van der Waals surface area (Å²) in [7, 11) is 0. The van der Waals surface area contributed by atoms with Gasteiger partial charge in [-0.2, -0.15) is 0 Å². The van der Waals surface area contributed by atoms with E-state index >= 15 is 0 Å². The summed E-state index contributed by atoms with van der Waals surface area (Å²) in [6.45, 7) is 10.8. The minimum atomic E-state index is -0.321. The third-order valence-electron chi connectivity index (χ3n) is 5.71. The molecule has 0 bridgehead atoms. The monoisotopic (exact) mass is 467 g/mol. The Morgan fingerprint density at radius 2 is 1.56 bits per heavy atom. The van der Waals surface area contributed by atoms with Gasteiger partial charge in [-0.3, -0.25) is 9.59 Å². The van der Waals surface area contributed by atoms with Crippen molar-refractivity contribution < 1.29 is 14.3 Å². The fraction of sp³-hybridized carbons (Fsp3) is 0.500. The summed E-state index contributed by atoms with van der Waals surface area (Å²) in [5.74, 6) is -0.252. The Morgan fingerprint density at radius 1 is 0.912 bits per heavy atom. The lowest BCUT2D eigenvalue weighted by atomic mass is 10.0. The van der Waals surface area contributed by atoms with Crippen LogP contribution in [0, 0.1) is 0 Å². The van der Waals surface area contributed by atoms with Gasteiger partial charge >= 0.3 is 0 Å². The van der Waals surface area contributed by atoms with E-state index in [0.29, 0.717) is 44.0 Å². The van der Waals surface area contributed by atoms with Crippen LogP contribution in [0.3, 0.4) is 0 Å². The average molecular weight is 468 g/mol. The van der Waals surface area contributed by atoms with Crippen molar-refractivity contribution in [1.29, 1.82) is 0 Å². The Kier molecular flexibility index (Phi) is 11.8. The molecule has 0 aliphatic heterocycles. The summed E-state index contributed by atoms with van der Waals surface area (Å²) in [5, 5.41) is 2.89. The van der Waals surface area contributed by atoms with Gasteiger partial charge in [0.1, 0.15) is 0 Å². The second-order valence-electron chi connectivity index (χ2n) is 8.72. The lowest BCUT2D eigenvalue weighted by Gasteiger charge is -2.22. The molecule has 34 heavy (non-hydrogen) atoms. The molecule has 0 aliphatic rings. The average Bonchev–Trinajstić information content (AvgIpc) is 2.86. The number of carbonyl (C=O) groups is 2. The quantitative estimate of drug-likeness (QED) is 0.433. The molecule has 2 amide bonds. The molecule has 0 aromatic heterocycles. The number of rotatable bonds is 14. The fourth-order valence-corrected chi connectivity index (χ4v) is 3.84. The van der Waals surface area contributed by atoms with Crippen LogP contribution in [0.15, 0.2) is 42.5 Å². The second kappa shape index (κ2) is 14.5. The first kappa shape index (κ1) is 27.5. The molecule has 3 N–H and O–H groups in total. The molecule has 0 heterocycles. The van der Waals surface area contributed by atoms with Crippen LogP contribution in [0.5, 0.6) is 0 Å². The smallest absolute Gasteiger partial charge is 0.253 e. The van der Waals surface area contributed by atoms with E-state index in [2.05, 4.69) is 38.2 Å². The maximum atomic E-state index is 13.1. The first-order valence-electron chi connectivity index (χ1n) is 12.5. The maximum absolute atomic E-state index is 13.1. The molecule has 0 radical (unpaired) electrons. The molecular formula is C28H41N3O3. The highest BCUT2D eigenvalue weighted by Crippen LogP contribution is 2.15. The molecule has 1 atom stereocenters. The van der Waals surface area contributed by atoms with Crippen LogP contribution in [0.4, 0.5) is 0 Å². The van der Waals surface area contributed by atoms with Crippen molar-refractivity contribution in [3.63, 3.8) is 0 Å². The highest BCUT2D eigenvalue weighted by Gasteiger charge is 2.18. The molecule has 0 spiro atoms. The normalized spacial score (nSPS) is 11.8. The number of ether oxygens (including phenoxy) is 1. The minimum Gasteiger partial charge on any atom is -0.375 e. The van der Waals surface area contributed by atoms with Gasteiger partial charge in [0.25, 0.3) is 11.8 Å². The standard InChI is InChI=1S/C28H41N3O3/c1-5-12-31(13-6-2)28(33)25-16-22(8-4)15-24(17-25)27(32)30-18-26(29)20-34-19-23-11-9-10-21(7-3)14-23/h9-11,14-17,26H,5-8,12-13,18-20,29H2,1-4H3,(H,30,32). The fourth-order valence-electron chi connectivity index (χ4n) is 3.84. The molecule has 2 aromatic rings.